The van der Waals surface area contributed by atoms with Gasteiger partial charge in [0.05, 0.1) is 5.56 Å². The van der Waals surface area contributed by atoms with Crippen molar-refractivity contribution < 1.29 is 23.1 Å². The topological polar surface area (TPSA) is 61.4 Å². The Bertz CT molecular complexity index is 558. The van der Waals surface area contributed by atoms with Crippen molar-refractivity contribution in [3.63, 3.8) is 0 Å². The molecule has 116 valence electrons. The molecule has 1 aliphatic heterocycles. The van der Waals surface area contributed by atoms with Gasteiger partial charge in [-0.15, -0.1) is 0 Å². The lowest BCUT2D eigenvalue weighted by Gasteiger charge is -2.34. The van der Waals surface area contributed by atoms with Gasteiger partial charge in [0, 0.05) is 13.1 Å². The lowest BCUT2D eigenvalue weighted by Crippen LogP contribution is -2.45. The van der Waals surface area contributed by atoms with Gasteiger partial charge < -0.3 is 15.7 Å². The van der Waals surface area contributed by atoms with Gasteiger partial charge in [0.1, 0.15) is 0 Å². The Labute approximate surface area is 120 Å². The third-order valence-corrected chi connectivity index (χ3v) is 3.74. The maximum absolute atomic E-state index is 13.6. The van der Waals surface area contributed by atoms with Crippen LogP contribution in [0.4, 0.5) is 13.2 Å². The zero-order chi connectivity index (χ0) is 15.6. The molecule has 0 aliphatic carbocycles. The van der Waals surface area contributed by atoms with Crippen molar-refractivity contribution in [3.05, 3.63) is 29.1 Å². The van der Waals surface area contributed by atoms with Crippen LogP contribution in [-0.2, 0) is 0 Å². The first kappa shape index (κ1) is 15.6. The maximum Gasteiger partial charge on any atom is 0.254 e. The number of aromatic hydroxyl groups is 1. The fraction of sp³-hybridized carbons (Fsp3) is 0.500. The van der Waals surface area contributed by atoms with Gasteiger partial charge >= 0.3 is 0 Å². The molecule has 1 amide bonds. The normalized spacial score (nSPS) is 22.1. The van der Waals surface area contributed by atoms with Gasteiger partial charge in [0.25, 0.3) is 5.91 Å². The van der Waals surface area contributed by atoms with Crippen molar-refractivity contribution in [2.24, 2.45) is 5.41 Å². The summed E-state index contributed by atoms with van der Waals surface area (Å²) < 4.78 is 39.8. The van der Waals surface area contributed by atoms with Gasteiger partial charge in [-0.3, -0.25) is 4.79 Å². The Morgan fingerprint density at radius 2 is 2.14 bits per heavy atom. The third kappa shape index (κ3) is 3.29. The second-order valence-electron chi connectivity index (χ2n) is 5.66. The van der Waals surface area contributed by atoms with Gasteiger partial charge in [0.15, 0.2) is 17.4 Å². The molecule has 1 saturated heterocycles. The van der Waals surface area contributed by atoms with E-state index < -0.39 is 34.7 Å². The Morgan fingerprint density at radius 3 is 2.76 bits per heavy atom. The van der Waals surface area contributed by atoms with Gasteiger partial charge in [-0.25, -0.2) is 8.78 Å². The van der Waals surface area contributed by atoms with Crippen LogP contribution >= 0.6 is 0 Å². The first-order valence-electron chi connectivity index (χ1n) is 6.69. The van der Waals surface area contributed by atoms with Crippen molar-refractivity contribution >= 4 is 5.91 Å². The highest BCUT2D eigenvalue weighted by molar-refractivity contribution is 5.95. The predicted octanol–water partition coefficient (Wildman–Crippen LogP) is 1.93. The summed E-state index contributed by atoms with van der Waals surface area (Å²) in [6.07, 6.45) is 1.86. The molecule has 1 aromatic rings. The van der Waals surface area contributed by atoms with Crippen LogP contribution in [0.15, 0.2) is 6.07 Å². The van der Waals surface area contributed by atoms with Crippen LogP contribution in [-0.4, -0.2) is 30.6 Å². The highest BCUT2D eigenvalue weighted by atomic mass is 19.2. The highest BCUT2D eigenvalue weighted by Crippen LogP contribution is 2.27. The SMILES string of the molecule is CC1(CNC(=O)c2cc(F)c(F)c(O)c2F)CCCNC1. The quantitative estimate of drug-likeness (QED) is 0.748. The van der Waals surface area contributed by atoms with Crippen LogP contribution in [0, 0.1) is 22.9 Å². The number of piperidine rings is 1. The van der Waals surface area contributed by atoms with Crippen LogP contribution in [0.3, 0.4) is 0 Å². The summed E-state index contributed by atoms with van der Waals surface area (Å²) >= 11 is 0. The number of phenolic OH excluding ortho intramolecular Hbond substituents is 1. The molecule has 0 radical (unpaired) electrons. The Morgan fingerprint density at radius 1 is 1.43 bits per heavy atom. The standard InChI is InChI=1S/C14H17F3N2O2/c1-14(3-2-4-18-6-14)7-19-13(21)8-5-9(15)11(17)12(20)10(8)16/h5,18,20H,2-4,6-7H2,1H3,(H,19,21). The fourth-order valence-electron chi connectivity index (χ4n) is 2.41. The molecule has 1 atom stereocenters. The predicted molar refractivity (Wildman–Crippen MR) is 70.5 cm³/mol. The van der Waals surface area contributed by atoms with E-state index in [0.717, 1.165) is 19.4 Å². The van der Waals surface area contributed by atoms with E-state index in [1.165, 1.54) is 0 Å². The van der Waals surface area contributed by atoms with Crippen LogP contribution in [0.5, 0.6) is 5.75 Å². The smallest absolute Gasteiger partial charge is 0.254 e. The minimum absolute atomic E-state index is 0.176. The number of carbonyl (C=O) groups excluding carboxylic acids is 1. The number of carbonyl (C=O) groups is 1. The van der Waals surface area contributed by atoms with Crippen LogP contribution in [0.1, 0.15) is 30.1 Å². The molecule has 1 aromatic carbocycles. The molecule has 3 N–H and O–H groups in total. The van der Waals surface area contributed by atoms with Crippen LogP contribution in [0.25, 0.3) is 0 Å². The van der Waals surface area contributed by atoms with E-state index >= 15 is 0 Å². The van der Waals surface area contributed by atoms with E-state index in [1.807, 2.05) is 6.92 Å². The molecule has 1 aliphatic rings. The zero-order valence-corrected chi connectivity index (χ0v) is 11.6. The van der Waals surface area contributed by atoms with E-state index in [2.05, 4.69) is 10.6 Å². The number of hydrogen-bond acceptors (Lipinski definition) is 3. The molecule has 0 bridgehead atoms. The summed E-state index contributed by atoms with van der Waals surface area (Å²) in [5.41, 5.74) is -0.885. The Hall–Kier alpha value is -1.76. The van der Waals surface area contributed by atoms with E-state index in [1.54, 1.807) is 0 Å². The van der Waals surface area contributed by atoms with Crippen LogP contribution in [0.2, 0.25) is 0 Å². The number of hydrogen-bond donors (Lipinski definition) is 3. The second kappa shape index (κ2) is 5.93. The first-order valence-corrected chi connectivity index (χ1v) is 6.69. The monoisotopic (exact) mass is 302 g/mol. The lowest BCUT2D eigenvalue weighted by atomic mass is 9.83. The number of amides is 1. The van der Waals surface area contributed by atoms with E-state index in [4.69, 9.17) is 5.11 Å². The summed E-state index contributed by atoms with van der Waals surface area (Å²) in [4.78, 5) is 11.9. The summed E-state index contributed by atoms with van der Waals surface area (Å²) in [6, 6.07) is 0.446. The largest absolute Gasteiger partial charge is 0.503 e. The molecule has 0 aromatic heterocycles. The number of halogens is 3. The lowest BCUT2D eigenvalue weighted by molar-refractivity contribution is 0.0919. The molecular formula is C14H17F3N2O2. The van der Waals surface area contributed by atoms with Gasteiger partial charge in [-0.1, -0.05) is 6.92 Å². The van der Waals surface area contributed by atoms with Gasteiger partial charge in [-0.05, 0) is 30.9 Å². The Balaban J connectivity index is 2.10. The number of rotatable bonds is 3. The van der Waals surface area contributed by atoms with Crippen molar-refractivity contribution in [2.45, 2.75) is 19.8 Å². The van der Waals surface area contributed by atoms with Gasteiger partial charge in [-0.2, -0.15) is 4.39 Å². The van der Waals surface area contributed by atoms with E-state index in [-0.39, 0.29) is 12.0 Å². The number of benzene rings is 1. The van der Waals surface area contributed by atoms with Gasteiger partial charge in [0.2, 0.25) is 5.82 Å². The van der Waals surface area contributed by atoms with Crippen molar-refractivity contribution in [2.75, 3.05) is 19.6 Å². The fourth-order valence-corrected chi connectivity index (χ4v) is 2.41. The van der Waals surface area contributed by atoms with E-state index in [0.29, 0.717) is 12.6 Å². The number of nitrogens with one attached hydrogen (secondary N) is 2. The Kier molecular flexibility index (Phi) is 4.41. The van der Waals surface area contributed by atoms with Crippen LogP contribution < -0.4 is 10.6 Å². The van der Waals surface area contributed by atoms with E-state index in [9.17, 15) is 18.0 Å². The second-order valence-corrected chi connectivity index (χ2v) is 5.66. The molecule has 1 fully saturated rings. The molecule has 1 heterocycles. The molecule has 0 spiro atoms. The molecule has 2 rings (SSSR count). The highest BCUT2D eigenvalue weighted by Gasteiger charge is 2.28. The average Bonchev–Trinajstić information content (AvgIpc) is 2.47. The summed E-state index contributed by atoms with van der Waals surface area (Å²) in [7, 11) is 0. The van der Waals surface area contributed by atoms with Crippen molar-refractivity contribution in [1.82, 2.24) is 10.6 Å². The summed E-state index contributed by atoms with van der Waals surface area (Å²) in [6.45, 7) is 3.87. The molecule has 4 nitrogen and oxygen atoms in total. The third-order valence-electron chi connectivity index (χ3n) is 3.74. The zero-order valence-electron chi connectivity index (χ0n) is 11.6. The first-order chi connectivity index (χ1) is 9.84. The average molecular weight is 302 g/mol. The molecule has 21 heavy (non-hydrogen) atoms. The molecule has 1 unspecified atom stereocenters. The van der Waals surface area contributed by atoms with Crippen molar-refractivity contribution in [1.29, 1.82) is 0 Å². The molecule has 0 saturated carbocycles. The minimum Gasteiger partial charge on any atom is -0.503 e. The molecule has 7 heteroatoms. The van der Waals surface area contributed by atoms with Crippen molar-refractivity contribution in [3.8, 4) is 5.75 Å². The minimum atomic E-state index is -1.70. The summed E-state index contributed by atoms with van der Waals surface area (Å²) in [5, 5.41) is 14.8. The molecular weight excluding hydrogens is 285 g/mol. The summed E-state index contributed by atoms with van der Waals surface area (Å²) in [5.74, 6) is -6.99. The number of phenols is 1. The maximum atomic E-state index is 13.6.